The number of aryl methyl sites for hydroxylation is 1. The molecule has 0 spiro atoms. The molecule has 2 rings (SSSR count). The standard InChI is InChI=1S/C16H20BrN3S/c1-4-9-18-16-11(2)12(3)19-15(20-16)10-21-14-8-6-5-7-13(14)17/h5-8H,4,9-10H2,1-3H3,(H,18,19,20). The second kappa shape index (κ2) is 7.80. The van der Waals surface area contributed by atoms with E-state index in [1.165, 1.54) is 4.90 Å². The van der Waals surface area contributed by atoms with Crippen molar-refractivity contribution in [2.45, 2.75) is 37.8 Å². The molecule has 1 N–H and O–H groups in total. The summed E-state index contributed by atoms with van der Waals surface area (Å²) in [5.41, 5.74) is 2.18. The van der Waals surface area contributed by atoms with Crippen LogP contribution in [0.2, 0.25) is 0 Å². The molecule has 5 heteroatoms. The van der Waals surface area contributed by atoms with Crippen molar-refractivity contribution >= 4 is 33.5 Å². The van der Waals surface area contributed by atoms with Gasteiger partial charge in [-0.05, 0) is 48.3 Å². The molecule has 0 amide bonds. The van der Waals surface area contributed by atoms with Crippen LogP contribution in [0.1, 0.15) is 30.4 Å². The topological polar surface area (TPSA) is 37.8 Å². The third kappa shape index (κ3) is 4.45. The lowest BCUT2D eigenvalue weighted by molar-refractivity contribution is 0.928. The Labute approximate surface area is 139 Å². The second-order valence-electron chi connectivity index (χ2n) is 4.84. The number of nitrogens with one attached hydrogen (secondary N) is 1. The average Bonchev–Trinajstić information content (AvgIpc) is 2.48. The fourth-order valence-electron chi connectivity index (χ4n) is 1.87. The Bertz CT molecular complexity index is 616. The van der Waals surface area contributed by atoms with E-state index < -0.39 is 0 Å². The van der Waals surface area contributed by atoms with E-state index in [0.717, 1.165) is 46.1 Å². The Morgan fingerprint density at radius 2 is 1.95 bits per heavy atom. The highest BCUT2D eigenvalue weighted by molar-refractivity contribution is 9.10. The molecule has 0 radical (unpaired) electrons. The lowest BCUT2D eigenvalue weighted by atomic mass is 10.2. The summed E-state index contributed by atoms with van der Waals surface area (Å²) in [4.78, 5) is 10.5. The zero-order valence-electron chi connectivity index (χ0n) is 12.6. The quantitative estimate of drug-likeness (QED) is 0.733. The first-order valence-electron chi connectivity index (χ1n) is 7.07. The number of hydrogen-bond donors (Lipinski definition) is 1. The zero-order valence-corrected chi connectivity index (χ0v) is 15.0. The molecule has 0 fully saturated rings. The van der Waals surface area contributed by atoms with E-state index in [-0.39, 0.29) is 0 Å². The van der Waals surface area contributed by atoms with E-state index >= 15 is 0 Å². The molecule has 0 aliphatic rings. The largest absolute Gasteiger partial charge is 0.370 e. The first-order valence-corrected chi connectivity index (χ1v) is 8.85. The Kier molecular flexibility index (Phi) is 6.06. The minimum Gasteiger partial charge on any atom is -0.370 e. The fraction of sp³-hybridized carbons (Fsp3) is 0.375. The molecule has 21 heavy (non-hydrogen) atoms. The highest BCUT2D eigenvalue weighted by Gasteiger charge is 2.09. The van der Waals surface area contributed by atoms with Crippen LogP contribution >= 0.6 is 27.7 Å². The van der Waals surface area contributed by atoms with Gasteiger partial charge in [-0.3, -0.25) is 0 Å². The third-order valence-corrected chi connectivity index (χ3v) is 5.19. The van der Waals surface area contributed by atoms with Crippen LogP contribution in [0.4, 0.5) is 5.82 Å². The molecule has 0 aliphatic carbocycles. The molecule has 2 aromatic rings. The van der Waals surface area contributed by atoms with Crippen LogP contribution in [0.15, 0.2) is 33.6 Å². The number of anilines is 1. The summed E-state index contributed by atoms with van der Waals surface area (Å²) in [5, 5.41) is 3.38. The van der Waals surface area contributed by atoms with Gasteiger partial charge in [-0.15, -0.1) is 11.8 Å². The molecule has 112 valence electrons. The van der Waals surface area contributed by atoms with Crippen molar-refractivity contribution in [3.8, 4) is 0 Å². The van der Waals surface area contributed by atoms with Crippen molar-refractivity contribution < 1.29 is 0 Å². The van der Waals surface area contributed by atoms with E-state index in [2.05, 4.69) is 57.2 Å². The maximum Gasteiger partial charge on any atom is 0.141 e. The van der Waals surface area contributed by atoms with Crippen molar-refractivity contribution in [3.63, 3.8) is 0 Å². The summed E-state index contributed by atoms with van der Waals surface area (Å²) in [6.45, 7) is 7.20. The first kappa shape index (κ1) is 16.3. The Balaban J connectivity index is 2.13. The van der Waals surface area contributed by atoms with Crippen molar-refractivity contribution in [3.05, 3.63) is 45.8 Å². The van der Waals surface area contributed by atoms with Crippen molar-refractivity contribution in [2.75, 3.05) is 11.9 Å². The first-order chi connectivity index (χ1) is 10.1. The molecule has 0 atom stereocenters. The van der Waals surface area contributed by atoms with Gasteiger partial charge < -0.3 is 5.32 Å². The lowest BCUT2D eigenvalue weighted by Gasteiger charge is -2.12. The van der Waals surface area contributed by atoms with Gasteiger partial charge >= 0.3 is 0 Å². The predicted octanol–water partition coefficient (Wildman–Crippen LogP) is 4.97. The molecular formula is C16H20BrN3S. The number of aromatic nitrogens is 2. The summed E-state index contributed by atoms with van der Waals surface area (Å²) >= 11 is 5.32. The van der Waals surface area contributed by atoms with Crippen LogP contribution in [0.5, 0.6) is 0 Å². The highest BCUT2D eigenvalue weighted by atomic mass is 79.9. The van der Waals surface area contributed by atoms with E-state index in [9.17, 15) is 0 Å². The van der Waals surface area contributed by atoms with Gasteiger partial charge in [0.15, 0.2) is 0 Å². The van der Waals surface area contributed by atoms with Crippen LogP contribution < -0.4 is 5.32 Å². The van der Waals surface area contributed by atoms with Gasteiger partial charge in [0, 0.05) is 27.2 Å². The molecule has 1 aromatic carbocycles. The van der Waals surface area contributed by atoms with E-state index in [4.69, 9.17) is 0 Å². The molecule has 0 saturated carbocycles. The van der Waals surface area contributed by atoms with Crippen LogP contribution in [0.25, 0.3) is 0 Å². The molecular weight excluding hydrogens is 346 g/mol. The molecule has 0 saturated heterocycles. The van der Waals surface area contributed by atoms with Crippen LogP contribution in [0.3, 0.4) is 0 Å². The maximum absolute atomic E-state index is 4.66. The van der Waals surface area contributed by atoms with Crippen molar-refractivity contribution in [2.24, 2.45) is 0 Å². The van der Waals surface area contributed by atoms with Gasteiger partial charge in [-0.1, -0.05) is 19.1 Å². The van der Waals surface area contributed by atoms with E-state index in [1.807, 2.05) is 19.1 Å². The molecule has 0 aliphatic heterocycles. The van der Waals surface area contributed by atoms with Crippen molar-refractivity contribution in [1.29, 1.82) is 0 Å². The molecule has 3 nitrogen and oxygen atoms in total. The average molecular weight is 366 g/mol. The summed E-state index contributed by atoms with van der Waals surface area (Å²) in [5.74, 6) is 2.61. The second-order valence-corrected chi connectivity index (χ2v) is 6.72. The summed E-state index contributed by atoms with van der Waals surface area (Å²) in [7, 11) is 0. The Morgan fingerprint density at radius 1 is 1.19 bits per heavy atom. The monoisotopic (exact) mass is 365 g/mol. The number of rotatable bonds is 6. The molecule has 1 heterocycles. The number of hydrogen-bond acceptors (Lipinski definition) is 4. The zero-order chi connectivity index (χ0) is 15.2. The fourth-order valence-corrected chi connectivity index (χ4v) is 3.29. The molecule has 1 aromatic heterocycles. The van der Waals surface area contributed by atoms with Crippen LogP contribution in [-0.2, 0) is 5.75 Å². The smallest absolute Gasteiger partial charge is 0.141 e. The van der Waals surface area contributed by atoms with Gasteiger partial charge in [-0.25, -0.2) is 9.97 Å². The van der Waals surface area contributed by atoms with E-state index in [0.29, 0.717) is 0 Å². The van der Waals surface area contributed by atoms with Gasteiger partial charge in [-0.2, -0.15) is 0 Å². The van der Waals surface area contributed by atoms with Gasteiger partial charge in [0.25, 0.3) is 0 Å². The van der Waals surface area contributed by atoms with Crippen molar-refractivity contribution in [1.82, 2.24) is 9.97 Å². The van der Waals surface area contributed by atoms with Gasteiger partial charge in [0.05, 0.1) is 5.75 Å². The SMILES string of the molecule is CCCNc1nc(CSc2ccccc2Br)nc(C)c1C. The van der Waals surface area contributed by atoms with Crippen LogP contribution in [0, 0.1) is 13.8 Å². The predicted molar refractivity (Wildman–Crippen MR) is 94.0 cm³/mol. The summed E-state index contributed by atoms with van der Waals surface area (Å²) < 4.78 is 1.11. The third-order valence-electron chi connectivity index (χ3n) is 3.17. The minimum absolute atomic E-state index is 0.768. The molecule has 0 bridgehead atoms. The number of thioether (sulfide) groups is 1. The summed E-state index contributed by atoms with van der Waals surface area (Å²) in [6.07, 6.45) is 1.09. The summed E-state index contributed by atoms with van der Waals surface area (Å²) in [6, 6.07) is 8.22. The molecule has 0 unspecified atom stereocenters. The van der Waals surface area contributed by atoms with Gasteiger partial charge in [0.1, 0.15) is 11.6 Å². The number of nitrogens with zero attached hydrogens (tertiary/aromatic N) is 2. The Morgan fingerprint density at radius 3 is 2.67 bits per heavy atom. The van der Waals surface area contributed by atoms with E-state index in [1.54, 1.807) is 11.8 Å². The maximum atomic E-state index is 4.66. The minimum atomic E-state index is 0.768. The van der Waals surface area contributed by atoms with Gasteiger partial charge in [0.2, 0.25) is 0 Å². The highest BCUT2D eigenvalue weighted by Crippen LogP contribution is 2.29. The normalized spacial score (nSPS) is 10.7. The number of benzene rings is 1. The number of halogens is 1. The Hall–Kier alpha value is -1.07. The van der Waals surface area contributed by atoms with Crippen LogP contribution in [-0.4, -0.2) is 16.5 Å². The lowest BCUT2D eigenvalue weighted by Crippen LogP contribution is -2.08.